The van der Waals surface area contributed by atoms with Crippen LogP contribution < -0.4 is 5.32 Å². The molecule has 0 fully saturated rings. The first-order chi connectivity index (χ1) is 16.1. The number of aryl methyl sites for hydroxylation is 1. The van der Waals surface area contributed by atoms with Gasteiger partial charge in [0.15, 0.2) is 0 Å². The normalized spacial score (nSPS) is 11.8. The number of phenolic OH excluding ortho intramolecular Hbond substituents is 1. The van der Waals surface area contributed by atoms with Crippen LogP contribution in [-0.2, 0) is 9.47 Å². The van der Waals surface area contributed by atoms with Crippen LogP contribution in [-0.4, -0.2) is 41.4 Å². The van der Waals surface area contributed by atoms with Gasteiger partial charge in [0, 0.05) is 41.8 Å². The van der Waals surface area contributed by atoms with Gasteiger partial charge in [0.05, 0.1) is 18.2 Å². The molecule has 2 aromatic carbocycles. The van der Waals surface area contributed by atoms with Crippen molar-refractivity contribution in [3.63, 3.8) is 0 Å². The molecule has 4 aromatic rings. The molecule has 168 valence electrons. The number of esters is 1. The third-order valence-electron chi connectivity index (χ3n) is 5.29. The summed E-state index contributed by atoms with van der Waals surface area (Å²) in [6.07, 6.45) is 3.46. The van der Waals surface area contributed by atoms with E-state index in [4.69, 9.17) is 9.47 Å². The lowest BCUT2D eigenvalue weighted by molar-refractivity contribution is 0.0388. The molecule has 2 heterocycles. The number of anilines is 1. The number of nitrogens with one attached hydrogen (secondary N) is 1. The third-order valence-corrected chi connectivity index (χ3v) is 5.29. The monoisotopic (exact) mass is 443 g/mol. The molecule has 4 rings (SSSR count). The Bertz CT molecular complexity index is 1240. The third kappa shape index (κ3) is 5.10. The fourth-order valence-electron chi connectivity index (χ4n) is 3.58. The highest BCUT2D eigenvalue weighted by molar-refractivity contribution is 5.90. The SMILES string of the molecule is COCCOC(=O)c1ccc(NC(c2cccnc2)c2ccc3ccc(C)nc3c2O)cc1. The Hall–Kier alpha value is -3.97. The van der Waals surface area contributed by atoms with Crippen molar-refractivity contribution in [2.75, 3.05) is 25.6 Å². The number of hydrogen-bond acceptors (Lipinski definition) is 7. The van der Waals surface area contributed by atoms with Crippen molar-refractivity contribution in [1.82, 2.24) is 9.97 Å². The highest BCUT2D eigenvalue weighted by Gasteiger charge is 2.20. The maximum absolute atomic E-state index is 12.1. The molecular formula is C26H25N3O4. The van der Waals surface area contributed by atoms with Crippen LogP contribution in [0.25, 0.3) is 10.9 Å². The van der Waals surface area contributed by atoms with Crippen molar-refractivity contribution in [1.29, 1.82) is 0 Å². The minimum Gasteiger partial charge on any atom is -0.505 e. The number of phenols is 1. The largest absolute Gasteiger partial charge is 0.505 e. The molecule has 33 heavy (non-hydrogen) atoms. The van der Waals surface area contributed by atoms with Gasteiger partial charge in [-0.15, -0.1) is 0 Å². The molecule has 0 amide bonds. The van der Waals surface area contributed by atoms with Gasteiger partial charge in [-0.05, 0) is 48.9 Å². The average molecular weight is 444 g/mol. The summed E-state index contributed by atoms with van der Waals surface area (Å²) in [5.41, 5.74) is 4.16. The summed E-state index contributed by atoms with van der Waals surface area (Å²) < 4.78 is 10.1. The van der Waals surface area contributed by atoms with Crippen LogP contribution in [0.15, 0.2) is 73.1 Å². The smallest absolute Gasteiger partial charge is 0.338 e. The molecular weight excluding hydrogens is 418 g/mol. The van der Waals surface area contributed by atoms with Gasteiger partial charge < -0.3 is 19.9 Å². The number of aromatic hydroxyl groups is 1. The molecule has 0 radical (unpaired) electrons. The van der Waals surface area contributed by atoms with Gasteiger partial charge in [-0.3, -0.25) is 4.98 Å². The zero-order valence-corrected chi connectivity index (χ0v) is 18.5. The number of fused-ring (bicyclic) bond motifs is 1. The van der Waals surface area contributed by atoms with Gasteiger partial charge in [0.25, 0.3) is 0 Å². The highest BCUT2D eigenvalue weighted by Crippen LogP contribution is 2.36. The van der Waals surface area contributed by atoms with E-state index in [2.05, 4.69) is 15.3 Å². The molecule has 2 N–H and O–H groups in total. The number of carbonyl (C=O) groups excluding carboxylic acids is 1. The molecule has 0 spiro atoms. The van der Waals surface area contributed by atoms with E-state index < -0.39 is 5.97 Å². The van der Waals surface area contributed by atoms with Crippen molar-refractivity contribution in [2.24, 2.45) is 0 Å². The zero-order chi connectivity index (χ0) is 23.2. The van der Waals surface area contributed by atoms with Crippen LogP contribution in [0.5, 0.6) is 5.75 Å². The lowest BCUT2D eigenvalue weighted by atomic mass is 9.97. The summed E-state index contributed by atoms with van der Waals surface area (Å²) in [5, 5.41) is 15.4. The first kappa shape index (κ1) is 22.2. The van der Waals surface area contributed by atoms with Gasteiger partial charge >= 0.3 is 5.97 Å². The number of nitrogens with zero attached hydrogens (tertiary/aromatic N) is 2. The van der Waals surface area contributed by atoms with E-state index in [1.807, 2.05) is 43.3 Å². The predicted octanol–water partition coefficient (Wildman–Crippen LogP) is 4.65. The first-order valence-corrected chi connectivity index (χ1v) is 10.6. The van der Waals surface area contributed by atoms with Crippen LogP contribution in [0, 0.1) is 6.92 Å². The molecule has 1 unspecified atom stereocenters. The number of rotatable bonds is 8. The van der Waals surface area contributed by atoms with E-state index in [-0.39, 0.29) is 18.4 Å². The summed E-state index contributed by atoms with van der Waals surface area (Å²) in [7, 11) is 1.55. The number of carbonyl (C=O) groups is 1. The second-order valence-electron chi connectivity index (χ2n) is 7.60. The molecule has 0 aliphatic carbocycles. The second kappa shape index (κ2) is 10.1. The summed E-state index contributed by atoms with van der Waals surface area (Å²) in [5.74, 6) is -0.285. The van der Waals surface area contributed by atoms with E-state index in [1.54, 1.807) is 43.8 Å². The molecule has 0 saturated heterocycles. The average Bonchev–Trinajstić information content (AvgIpc) is 2.84. The molecule has 1 atom stereocenters. The molecule has 7 nitrogen and oxygen atoms in total. The minimum atomic E-state index is -0.406. The molecule has 2 aromatic heterocycles. The van der Waals surface area contributed by atoms with Gasteiger partial charge in [-0.25, -0.2) is 9.78 Å². The van der Waals surface area contributed by atoms with Crippen molar-refractivity contribution in [2.45, 2.75) is 13.0 Å². The zero-order valence-electron chi connectivity index (χ0n) is 18.5. The Morgan fingerprint density at radius 2 is 1.85 bits per heavy atom. The van der Waals surface area contributed by atoms with Gasteiger partial charge in [-0.1, -0.05) is 24.3 Å². The maximum Gasteiger partial charge on any atom is 0.338 e. The lowest BCUT2D eigenvalue weighted by Crippen LogP contribution is -2.14. The topological polar surface area (TPSA) is 93.6 Å². The molecule has 0 aliphatic heterocycles. The van der Waals surface area contributed by atoms with E-state index >= 15 is 0 Å². The lowest BCUT2D eigenvalue weighted by Gasteiger charge is -2.22. The number of benzene rings is 2. The van der Waals surface area contributed by atoms with Gasteiger partial charge in [0.2, 0.25) is 0 Å². The van der Waals surface area contributed by atoms with Crippen LogP contribution in [0.2, 0.25) is 0 Å². The van der Waals surface area contributed by atoms with Gasteiger partial charge in [-0.2, -0.15) is 0 Å². The maximum atomic E-state index is 12.1. The summed E-state index contributed by atoms with van der Waals surface area (Å²) in [6, 6.07) is 18.1. The number of ether oxygens (including phenoxy) is 2. The Morgan fingerprint density at radius 1 is 1.06 bits per heavy atom. The van der Waals surface area contributed by atoms with E-state index in [1.165, 1.54) is 0 Å². The number of pyridine rings is 2. The number of methoxy groups -OCH3 is 1. The van der Waals surface area contributed by atoms with Crippen LogP contribution in [0.4, 0.5) is 5.69 Å². The van der Waals surface area contributed by atoms with Crippen molar-refractivity contribution in [3.8, 4) is 5.75 Å². The fraction of sp³-hybridized carbons (Fsp3) is 0.192. The number of hydrogen-bond donors (Lipinski definition) is 2. The quantitative estimate of drug-likeness (QED) is 0.302. The van der Waals surface area contributed by atoms with E-state index in [0.717, 1.165) is 22.3 Å². The fourth-order valence-corrected chi connectivity index (χ4v) is 3.58. The first-order valence-electron chi connectivity index (χ1n) is 10.6. The molecule has 7 heteroatoms. The Kier molecular flexibility index (Phi) is 6.80. The second-order valence-corrected chi connectivity index (χ2v) is 7.60. The van der Waals surface area contributed by atoms with E-state index in [9.17, 15) is 9.90 Å². The van der Waals surface area contributed by atoms with Crippen LogP contribution in [0.1, 0.15) is 33.2 Å². The molecule has 0 saturated carbocycles. The summed E-state index contributed by atoms with van der Waals surface area (Å²) in [6.45, 7) is 2.44. The molecule has 0 bridgehead atoms. The van der Waals surface area contributed by atoms with Crippen LogP contribution >= 0.6 is 0 Å². The van der Waals surface area contributed by atoms with E-state index in [0.29, 0.717) is 23.3 Å². The van der Waals surface area contributed by atoms with Crippen molar-refractivity contribution < 1.29 is 19.4 Å². The van der Waals surface area contributed by atoms with Crippen LogP contribution in [0.3, 0.4) is 0 Å². The summed E-state index contributed by atoms with van der Waals surface area (Å²) >= 11 is 0. The Balaban J connectivity index is 1.65. The molecule has 0 aliphatic rings. The van der Waals surface area contributed by atoms with Gasteiger partial charge in [0.1, 0.15) is 17.9 Å². The highest BCUT2D eigenvalue weighted by atomic mass is 16.6. The standard InChI is InChI=1S/C26H25N3O4/c1-17-5-6-18-9-12-22(25(30)24(18)28-17)23(20-4-3-13-27-16-20)29-21-10-7-19(8-11-21)26(31)33-15-14-32-2/h3-13,16,23,29-30H,14-15H2,1-2H3. The Labute approximate surface area is 192 Å². The predicted molar refractivity (Wildman–Crippen MR) is 126 cm³/mol. The Morgan fingerprint density at radius 3 is 2.58 bits per heavy atom. The summed E-state index contributed by atoms with van der Waals surface area (Å²) in [4.78, 5) is 20.9. The number of aromatic nitrogens is 2. The van der Waals surface area contributed by atoms with Crippen molar-refractivity contribution >= 4 is 22.6 Å². The minimum absolute atomic E-state index is 0.121. The van der Waals surface area contributed by atoms with Crippen molar-refractivity contribution in [3.05, 3.63) is 95.4 Å².